The Morgan fingerprint density at radius 1 is 0.727 bits per heavy atom. The Morgan fingerprint density at radius 2 is 1.30 bits per heavy atom. The monoisotopic (exact) mass is 612 g/mol. The first-order valence-corrected chi connectivity index (χ1v) is 14.5. The zero-order valence-corrected chi connectivity index (χ0v) is 24.7. The SMILES string of the molecule is NCCCCC(NC(=O)C(Cc1ccccc1)NC(=O)C(N)CCCN=C(N)N)C(=O)NC(Cc1ccc(O)cc1)C(=O)O. The van der Waals surface area contributed by atoms with Crippen molar-refractivity contribution in [2.45, 2.75) is 69.1 Å². The van der Waals surface area contributed by atoms with E-state index in [0.29, 0.717) is 37.9 Å². The van der Waals surface area contributed by atoms with Crippen LogP contribution in [0.1, 0.15) is 43.2 Å². The van der Waals surface area contributed by atoms with Gasteiger partial charge in [0.25, 0.3) is 0 Å². The molecule has 0 saturated heterocycles. The number of carbonyl (C=O) groups excluding carboxylic acids is 3. The molecule has 4 atom stereocenters. The molecule has 4 unspecified atom stereocenters. The van der Waals surface area contributed by atoms with E-state index in [0.717, 1.165) is 5.56 Å². The number of guanidine groups is 1. The van der Waals surface area contributed by atoms with Crippen LogP contribution in [0.25, 0.3) is 0 Å². The number of carboxylic acids is 1. The number of amides is 3. The quantitative estimate of drug-likeness (QED) is 0.0543. The van der Waals surface area contributed by atoms with Crippen LogP contribution in [0, 0.1) is 0 Å². The number of carbonyl (C=O) groups is 4. The van der Waals surface area contributed by atoms with Crippen LogP contribution in [-0.4, -0.2) is 77.1 Å². The lowest BCUT2D eigenvalue weighted by Crippen LogP contribution is -2.57. The molecule has 2 aromatic rings. The van der Waals surface area contributed by atoms with Crippen molar-refractivity contribution in [3.8, 4) is 5.75 Å². The fourth-order valence-corrected chi connectivity index (χ4v) is 4.36. The second kappa shape index (κ2) is 18.8. The third-order valence-electron chi connectivity index (χ3n) is 6.79. The molecular weight excluding hydrogens is 568 g/mol. The van der Waals surface area contributed by atoms with E-state index in [4.69, 9.17) is 22.9 Å². The molecule has 0 spiro atoms. The number of benzene rings is 2. The summed E-state index contributed by atoms with van der Waals surface area (Å²) in [6.45, 7) is 0.662. The van der Waals surface area contributed by atoms with E-state index in [1.165, 1.54) is 12.1 Å². The largest absolute Gasteiger partial charge is 0.508 e. The predicted molar refractivity (Wildman–Crippen MR) is 166 cm³/mol. The highest BCUT2D eigenvalue weighted by Crippen LogP contribution is 2.12. The Labute approximate surface area is 256 Å². The van der Waals surface area contributed by atoms with Gasteiger partial charge in [-0.15, -0.1) is 0 Å². The summed E-state index contributed by atoms with van der Waals surface area (Å²) in [4.78, 5) is 55.7. The topological polar surface area (TPSA) is 261 Å². The third kappa shape index (κ3) is 13.1. The van der Waals surface area contributed by atoms with Crippen molar-refractivity contribution in [1.82, 2.24) is 16.0 Å². The van der Waals surface area contributed by atoms with Gasteiger partial charge in [-0.3, -0.25) is 19.4 Å². The Hall–Kier alpha value is -4.69. The number of carboxylic acid groups (broad SMARTS) is 1. The number of aromatic hydroxyl groups is 1. The van der Waals surface area contributed by atoms with Crippen LogP contribution in [-0.2, 0) is 32.0 Å². The molecule has 240 valence electrons. The fraction of sp³-hybridized carbons (Fsp3) is 0.433. The Balaban J connectivity index is 2.19. The summed E-state index contributed by atoms with van der Waals surface area (Å²) >= 11 is 0. The van der Waals surface area contributed by atoms with Gasteiger partial charge in [-0.05, 0) is 61.9 Å². The lowest BCUT2D eigenvalue weighted by molar-refractivity contribution is -0.142. The number of hydrogen-bond acceptors (Lipinski definition) is 8. The highest BCUT2D eigenvalue weighted by Gasteiger charge is 2.30. The molecule has 44 heavy (non-hydrogen) atoms. The van der Waals surface area contributed by atoms with Crippen molar-refractivity contribution in [3.05, 3.63) is 65.7 Å². The van der Waals surface area contributed by atoms with E-state index in [1.54, 1.807) is 36.4 Å². The van der Waals surface area contributed by atoms with Crippen molar-refractivity contribution in [2.75, 3.05) is 13.1 Å². The van der Waals surface area contributed by atoms with Crippen molar-refractivity contribution in [1.29, 1.82) is 0 Å². The van der Waals surface area contributed by atoms with Crippen molar-refractivity contribution in [3.63, 3.8) is 0 Å². The van der Waals surface area contributed by atoms with Gasteiger partial charge in [-0.2, -0.15) is 0 Å². The van der Waals surface area contributed by atoms with Gasteiger partial charge in [0.05, 0.1) is 6.04 Å². The maximum absolute atomic E-state index is 13.6. The molecule has 14 heteroatoms. The highest BCUT2D eigenvalue weighted by molar-refractivity contribution is 5.94. The average Bonchev–Trinajstić information content (AvgIpc) is 2.99. The summed E-state index contributed by atoms with van der Waals surface area (Å²) in [5.41, 5.74) is 23.7. The zero-order chi connectivity index (χ0) is 32.5. The van der Waals surface area contributed by atoms with Crippen LogP contribution in [0.4, 0.5) is 0 Å². The molecule has 13 N–H and O–H groups in total. The Morgan fingerprint density at radius 3 is 1.91 bits per heavy atom. The van der Waals surface area contributed by atoms with Gasteiger partial charge in [0.15, 0.2) is 5.96 Å². The molecule has 0 aliphatic heterocycles. The Kier molecular flexibility index (Phi) is 15.1. The number of aliphatic carboxylic acids is 1. The van der Waals surface area contributed by atoms with Gasteiger partial charge in [-0.1, -0.05) is 42.5 Å². The first-order valence-electron chi connectivity index (χ1n) is 14.5. The van der Waals surface area contributed by atoms with Gasteiger partial charge >= 0.3 is 5.97 Å². The molecular formula is C30H44N8O6. The maximum atomic E-state index is 13.6. The molecule has 3 amide bonds. The van der Waals surface area contributed by atoms with Gasteiger partial charge in [0, 0.05) is 19.4 Å². The molecule has 0 saturated carbocycles. The second-order valence-corrected chi connectivity index (χ2v) is 10.4. The lowest BCUT2D eigenvalue weighted by atomic mass is 10.0. The van der Waals surface area contributed by atoms with Crippen LogP contribution in [0.3, 0.4) is 0 Å². The summed E-state index contributed by atoms with van der Waals surface area (Å²) in [6.07, 6.45) is 2.05. The molecule has 0 fully saturated rings. The van der Waals surface area contributed by atoms with Crippen molar-refractivity contribution >= 4 is 29.7 Å². The van der Waals surface area contributed by atoms with Gasteiger partial charge < -0.3 is 49.1 Å². The van der Waals surface area contributed by atoms with Crippen LogP contribution < -0.4 is 38.9 Å². The molecule has 0 aliphatic rings. The molecule has 0 aliphatic carbocycles. The van der Waals surface area contributed by atoms with Crippen LogP contribution >= 0.6 is 0 Å². The number of hydrogen-bond donors (Lipinski definition) is 9. The number of phenolic OH excluding ortho intramolecular Hbond substituents is 1. The second-order valence-electron chi connectivity index (χ2n) is 10.4. The molecule has 2 rings (SSSR count). The van der Waals surface area contributed by atoms with Gasteiger partial charge in [0.1, 0.15) is 23.9 Å². The Bertz CT molecular complexity index is 1240. The molecule has 0 bridgehead atoms. The lowest BCUT2D eigenvalue weighted by Gasteiger charge is -2.25. The zero-order valence-electron chi connectivity index (χ0n) is 24.7. The number of unbranched alkanes of at least 4 members (excludes halogenated alkanes) is 1. The van der Waals surface area contributed by atoms with E-state index in [-0.39, 0.29) is 37.4 Å². The minimum Gasteiger partial charge on any atom is -0.508 e. The summed E-state index contributed by atoms with van der Waals surface area (Å²) in [7, 11) is 0. The van der Waals surface area contributed by atoms with E-state index < -0.39 is 47.9 Å². The molecule has 0 radical (unpaired) electrons. The van der Waals surface area contributed by atoms with E-state index in [9.17, 15) is 29.4 Å². The van der Waals surface area contributed by atoms with Gasteiger partial charge in [0.2, 0.25) is 17.7 Å². The predicted octanol–water partition coefficient (Wildman–Crippen LogP) is -0.774. The third-order valence-corrected chi connectivity index (χ3v) is 6.79. The summed E-state index contributed by atoms with van der Waals surface area (Å²) in [5, 5.41) is 27.2. The molecule has 0 heterocycles. The van der Waals surface area contributed by atoms with Crippen LogP contribution in [0.2, 0.25) is 0 Å². The summed E-state index contributed by atoms with van der Waals surface area (Å²) in [5.74, 6) is -3.19. The van der Waals surface area contributed by atoms with Crippen LogP contribution in [0.5, 0.6) is 5.75 Å². The average molecular weight is 613 g/mol. The fourth-order valence-electron chi connectivity index (χ4n) is 4.36. The number of nitrogens with zero attached hydrogens (tertiary/aromatic N) is 1. The number of aliphatic imine (C=N–C) groups is 1. The minimum absolute atomic E-state index is 0.0244. The van der Waals surface area contributed by atoms with Crippen molar-refractivity contribution < 1.29 is 29.4 Å². The first kappa shape index (κ1) is 35.5. The molecule has 0 aromatic heterocycles. The maximum Gasteiger partial charge on any atom is 0.326 e. The van der Waals surface area contributed by atoms with Crippen molar-refractivity contribution in [2.24, 2.45) is 27.9 Å². The number of nitrogens with one attached hydrogen (secondary N) is 3. The van der Waals surface area contributed by atoms with E-state index >= 15 is 0 Å². The standard InChI is InChI=1S/C30H44N8O6/c31-15-5-4-10-23(27(41)38-25(29(43)44)18-20-11-13-21(39)14-12-20)36-28(42)24(17-19-7-2-1-3-8-19)37-26(40)22(32)9-6-16-35-30(33)34/h1-3,7-8,11-14,22-25,39H,4-6,9-10,15-18,31-32H2,(H,36,42)(H,37,40)(H,38,41)(H,43,44)(H4,33,34,35). The molecule has 2 aromatic carbocycles. The van der Waals surface area contributed by atoms with E-state index in [1.807, 2.05) is 6.07 Å². The van der Waals surface area contributed by atoms with Crippen LogP contribution in [0.15, 0.2) is 59.6 Å². The van der Waals surface area contributed by atoms with Gasteiger partial charge in [-0.25, -0.2) is 4.79 Å². The minimum atomic E-state index is -1.29. The smallest absolute Gasteiger partial charge is 0.326 e. The normalized spacial score (nSPS) is 13.5. The first-order chi connectivity index (χ1) is 21.0. The highest BCUT2D eigenvalue weighted by atomic mass is 16.4. The van der Waals surface area contributed by atoms with E-state index in [2.05, 4.69) is 20.9 Å². The summed E-state index contributed by atoms with van der Waals surface area (Å²) < 4.78 is 0. The molecule has 14 nitrogen and oxygen atoms in total. The summed E-state index contributed by atoms with van der Waals surface area (Å²) in [6, 6.07) is 10.6. The number of rotatable bonds is 19. The number of nitrogens with two attached hydrogens (primary N) is 4. The number of phenols is 1.